The zero-order valence-corrected chi connectivity index (χ0v) is 16.0. The van der Waals surface area contributed by atoms with Crippen molar-refractivity contribution in [1.82, 2.24) is 5.06 Å². The Labute approximate surface area is 151 Å². The van der Waals surface area contributed by atoms with Crippen molar-refractivity contribution in [2.45, 2.75) is 83.7 Å². The highest BCUT2D eigenvalue weighted by Crippen LogP contribution is 2.38. The summed E-state index contributed by atoms with van der Waals surface area (Å²) in [5.74, 6) is -0.0672. The molecule has 1 heterocycles. The van der Waals surface area contributed by atoms with Crippen LogP contribution >= 0.6 is 0 Å². The number of benzene rings is 1. The molecule has 2 rings (SSSR count). The summed E-state index contributed by atoms with van der Waals surface area (Å²) in [6.45, 7) is 8.50. The predicted octanol–water partition coefficient (Wildman–Crippen LogP) is 4.93. The molecule has 0 saturated carbocycles. The first-order valence-electron chi connectivity index (χ1n) is 9.32. The molecule has 4 nitrogen and oxygen atoms in total. The number of carbonyl (C=O) groups excluding carboxylic acids is 2. The van der Waals surface area contributed by atoms with Gasteiger partial charge in [0.2, 0.25) is 0 Å². The number of ketones is 1. The lowest BCUT2D eigenvalue weighted by molar-refractivity contribution is -0.265. The average Bonchev–Trinajstić information content (AvgIpc) is 2.55. The summed E-state index contributed by atoms with van der Waals surface area (Å²) in [6.07, 6.45) is 5.39. The van der Waals surface area contributed by atoms with Gasteiger partial charge in [0.1, 0.15) is 0 Å². The molecule has 0 bridgehead atoms. The van der Waals surface area contributed by atoms with Crippen LogP contribution in [0.25, 0.3) is 0 Å². The van der Waals surface area contributed by atoms with Crippen LogP contribution < -0.4 is 0 Å². The van der Waals surface area contributed by atoms with E-state index >= 15 is 0 Å². The summed E-state index contributed by atoms with van der Waals surface area (Å²) < 4.78 is 0. The summed E-state index contributed by atoms with van der Waals surface area (Å²) in [6, 6.07) is 9.30. The molecule has 0 amide bonds. The molecule has 25 heavy (non-hydrogen) atoms. The SMILES string of the molecule is CC1(C)CCCC(C)(C)N1OC(=O)CCCCC(=O)c1ccccc1. The normalized spacial score (nSPS) is 19.4. The molecule has 4 heteroatoms. The van der Waals surface area contributed by atoms with Crippen molar-refractivity contribution in [3.63, 3.8) is 0 Å². The summed E-state index contributed by atoms with van der Waals surface area (Å²) in [5, 5.41) is 1.89. The third-order valence-corrected chi connectivity index (χ3v) is 5.00. The molecule has 0 N–H and O–H groups in total. The van der Waals surface area contributed by atoms with Crippen LogP contribution in [0, 0.1) is 0 Å². The number of hydrogen-bond acceptors (Lipinski definition) is 4. The van der Waals surface area contributed by atoms with Crippen LogP contribution in [0.5, 0.6) is 0 Å². The van der Waals surface area contributed by atoms with E-state index in [1.54, 1.807) is 0 Å². The molecule has 0 aromatic heterocycles. The van der Waals surface area contributed by atoms with Crippen molar-refractivity contribution >= 4 is 11.8 Å². The Hall–Kier alpha value is -1.68. The van der Waals surface area contributed by atoms with Gasteiger partial charge in [0.25, 0.3) is 0 Å². The first kappa shape index (κ1) is 19.6. The molecule has 138 valence electrons. The van der Waals surface area contributed by atoms with Crippen LogP contribution in [0.15, 0.2) is 30.3 Å². The summed E-state index contributed by atoms with van der Waals surface area (Å²) in [7, 11) is 0. The van der Waals surface area contributed by atoms with E-state index in [-0.39, 0.29) is 22.8 Å². The van der Waals surface area contributed by atoms with Gasteiger partial charge in [0.05, 0.1) is 11.1 Å². The minimum absolute atomic E-state index is 0.132. The lowest BCUT2D eigenvalue weighted by Gasteiger charge is -2.50. The maximum atomic E-state index is 12.3. The molecule has 0 atom stereocenters. The lowest BCUT2D eigenvalue weighted by atomic mass is 9.82. The monoisotopic (exact) mass is 345 g/mol. The molecule has 1 saturated heterocycles. The number of nitrogens with zero attached hydrogens (tertiary/aromatic N) is 1. The maximum Gasteiger partial charge on any atom is 0.325 e. The highest BCUT2D eigenvalue weighted by molar-refractivity contribution is 5.95. The number of hydroxylamine groups is 2. The van der Waals surface area contributed by atoms with E-state index in [1.807, 2.05) is 35.4 Å². The summed E-state index contributed by atoms with van der Waals surface area (Å²) in [5.41, 5.74) is 0.461. The van der Waals surface area contributed by atoms with E-state index in [4.69, 9.17) is 4.84 Å². The van der Waals surface area contributed by atoms with Crippen LogP contribution in [0.3, 0.4) is 0 Å². The van der Waals surface area contributed by atoms with Gasteiger partial charge < -0.3 is 4.84 Å². The Bertz CT molecular complexity index is 576. The average molecular weight is 345 g/mol. The highest BCUT2D eigenvalue weighted by atomic mass is 16.7. The van der Waals surface area contributed by atoms with Gasteiger partial charge in [-0.15, -0.1) is 5.06 Å². The minimum Gasteiger partial charge on any atom is -0.367 e. The van der Waals surface area contributed by atoms with Gasteiger partial charge in [-0.05, 0) is 59.8 Å². The molecule has 1 aromatic rings. The van der Waals surface area contributed by atoms with Gasteiger partial charge in [-0.3, -0.25) is 9.59 Å². The Morgan fingerprint density at radius 1 is 0.960 bits per heavy atom. The topological polar surface area (TPSA) is 46.6 Å². The van der Waals surface area contributed by atoms with E-state index in [2.05, 4.69) is 27.7 Å². The van der Waals surface area contributed by atoms with Crippen molar-refractivity contribution in [2.75, 3.05) is 0 Å². The van der Waals surface area contributed by atoms with Gasteiger partial charge >= 0.3 is 5.97 Å². The van der Waals surface area contributed by atoms with Crippen molar-refractivity contribution in [3.05, 3.63) is 35.9 Å². The fourth-order valence-electron chi connectivity index (χ4n) is 3.69. The van der Waals surface area contributed by atoms with Gasteiger partial charge in [0, 0.05) is 18.4 Å². The van der Waals surface area contributed by atoms with E-state index in [0.29, 0.717) is 25.7 Å². The molecule has 1 aliphatic heterocycles. The van der Waals surface area contributed by atoms with E-state index < -0.39 is 0 Å². The zero-order chi connectivity index (χ0) is 18.5. The number of carbonyl (C=O) groups is 2. The van der Waals surface area contributed by atoms with Crippen molar-refractivity contribution in [2.24, 2.45) is 0 Å². The molecule has 1 aromatic carbocycles. The first-order chi connectivity index (χ1) is 11.7. The molecule has 0 unspecified atom stereocenters. The zero-order valence-electron chi connectivity index (χ0n) is 16.0. The number of piperidine rings is 1. The van der Waals surface area contributed by atoms with Crippen LogP contribution in [-0.2, 0) is 9.63 Å². The largest absolute Gasteiger partial charge is 0.367 e. The van der Waals surface area contributed by atoms with Gasteiger partial charge in [-0.2, -0.15) is 0 Å². The predicted molar refractivity (Wildman–Crippen MR) is 99.2 cm³/mol. The number of unbranched alkanes of at least 4 members (excludes halogenated alkanes) is 1. The first-order valence-corrected chi connectivity index (χ1v) is 9.32. The standard InChI is InChI=1S/C21H31NO3/c1-20(2)15-10-16-21(3,4)22(20)25-19(24)14-9-8-13-18(23)17-11-6-5-7-12-17/h5-7,11-12H,8-10,13-16H2,1-4H3. The smallest absolute Gasteiger partial charge is 0.325 e. The minimum atomic E-state index is -0.199. The van der Waals surface area contributed by atoms with Crippen molar-refractivity contribution in [3.8, 4) is 0 Å². The number of Topliss-reactive ketones (excluding diaryl/α,β-unsaturated/α-hetero) is 1. The Balaban J connectivity index is 1.76. The third-order valence-electron chi connectivity index (χ3n) is 5.00. The second-order valence-corrected chi connectivity index (χ2v) is 8.23. The van der Waals surface area contributed by atoms with Crippen LogP contribution in [-0.4, -0.2) is 27.9 Å². The maximum absolute atomic E-state index is 12.3. The van der Waals surface area contributed by atoms with E-state index in [0.717, 1.165) is 24.8 Å². The number of rotatable bonds is 7. The van der Waals surface area contributed by atoms with Crippen LogP contribution in [0.4, 0.5) is 0 Å². The van der Waals surface area contributed by atoms with Crippen molar-refractivity contribution < 1.29 is 14.4 Å². The second kappa shape index (κ2) is 8.13. The van der Waals surface area contributed by atoms with Gasteiger partial charge in [-0.1, -0.05) is 30.3 Å². The third kappa shape index (κ3) is 5.40. The van der Waals surface area contributed by atoms with Crippen molar-refractivity contribution in [1.29, 1.82) is 0 Å². The fraction of sp³-hybridized carbons (Fsp3) is 0.619. The molecule has 1 aliphatic rings. The number of hydrogen-bond donors (Lipinski definition) is 0. The quantitative estimate of drug-likeness (QED) is 0.519. The molecular weight excluding hydrogens is 314 g/mol. The second-order valence-electron chi connectivity index (χ2n) is 8.23. The summed E-state index contributed by atoms with van der Waals surface area (Å²) in [4.78, 5) is 30.0. The Morgan fingerprint density at radius 3 is 2.12 bits per heavy atom. The Morgan fingerprint density at radius 2 is 1.52 bits per heavy atom. The molecular formula is C21H31NO3. The lowest BCUT2D eigenvalue weighted by Crippen LogP contribution is -2.58. The highest BCUT2D eigenvalue weighted by Gasteiger charge is 2.44. The summed E-state index contributed by atoms with van der Waals surface area (Å²) >= 11 is 0. The molecule has 1 fully saturated rings. The van der Waals surface area contributed by atoms with Gasteiger partial charge in [0.15, 0.2) is 5.78 Å². The molecule has 0 aliphatic carbocycles. The van der Waals surface area contributed by atoms with E-state index in [9.17, 15) is 9.59 Å². The van der Waals surface area contributed by atoms with Crippen LogP contribution in [0.2, 0.25) is 0 Å². The molecule has 0 radical (unpaired) electrons. The molecule has 0 spiro atoms. The van der Waals surface area contributed by atoms with Crippen LogP contribution in [0.1, 0.15) is 83.0 Å². The van der Waals surface area contributed by atoms with E-state index in [1.165, 1.54) is 0 Å². The Kier molecular flexibility index (Phi) is 6.39. The van der Waals surface area contributed by atoms with Gasteiger partial charge in [-0.25, -0.2) is 0 Å². The fourth-order valence-corrected chi connectivity index (χ4v) is 3.69.